The van der Waals surface area contributed by atoms with Crippen LogP contribution in [0.5, 0.6) is 11.5 Å². The van der Waals surface area contributed by atoms with Crippen LogP contribution in [0.1, 0.15) is 12.1 Å². The van der Waals surface area contributed by atoms with E-state index in [0.29, 0.717) is 6.07 Å². The molecule has 0 radical (unpaired) electrons. The van der Waals surface area contributed by atoms with Crippen LogP contribution >= 0.6 is 0 Å². The van der Waals surface area contributed by atoms with Crippen LogP contribution in [-0.2, 0) is 0 Å². The summed E-state index contributed by atoms with van der Waals surface area (Å²) in [5.74, 6) is -1.77. The molecule has 0 aliphatic rings. The molecular formula is C8H6F5NO3. The standard InChI is InChI=1S/C8H6F5NO3/c1-16-3-2-4(17-8(11,12)13)7(15)14-5(3)6(9)10/h2,6H,1H3,(H,14,15). The number of aromatic nitrogens is 1. The van der Waals surface area contributed by atoms with Crippen molar-refractivity contribution < 1.29 is 31.4 Å². The van der Waals surface area contributed by atoms with Crippen molar-refractivity contribution >= 4 is 0 Å². The number of alkyl halides is 5. The van der Waals surface area contributed by atoms with Gasteiger partial charge in [0, 0.05) is 6.07 Å². The predicted octanol–water partition coefficient (Wildman–Crippen LogP) is 2.22. The van der Waals surface area contributed by atoms with Gasteiger partial charge in [0.05, 0.1) is 7.11 Å². The molecular weight excluding hydrogens is 253 g/mol. The summed E-state index contributed by atoms with van der Waals surface area (Å²) < 4.78 is 68.0. The molecule has 0 saturated carbocycles. The molecule has 17 heavy (non-hydrogen) atoms. The molecule has 1 aromatic heterocycles. The largest absolute Gasteiger partial charge is 0.573 e. The maximum absolute atomic E-state index is 12.4. The maximum atomic E-state index is 12.4. The molecule has 9 heteroatoms. The fraction of sp³-hybridized carbons (Fsp3) is 0.375. The van der Waals surface area contributed by atoms with Crippen LogP contribution in [0.2, 0.25) is 0 Å². The number of aromatic amines is 1. The van der Waals surface area contributed by atoms with Crippen LogP contribution in [0.3, 0.4) is 0 Å². The van der Waals surface area contributed by atoms with E-state index in [9.17, 15) is 26.7 Å². The van der Waals surface area contributed by atoms with Gasteiger partial charge in [0.15, 0.2) is 5.75 Å². The Balaban J connectivity index is 3.23. The molecule has 1 aromatic rings. The van der Waals surface area contributed by atoms with Crippen LogP contribution in [0.4, 0.5) is 22.0 Å². The number of halogens is 5. The van der Waals surface area contributed by atoms with Gasteiger partial charge in [-0.2, -0.15) is 0 Å². The van der Waals surface area contributed by atoms with Crippen molar-refractivity contribution in [3.05, 3.63) is 22.1 Å². The van der Waals surface area contributed by atoms with Gasteiger partial charge < -0.3 is 14.5 Å². The van der Waals surface area contributed by atoms with Crippen molar-refractivity contribution in [1.82, 2.24) is 4.98 Å². The molecule has 1 N–H and O–H groups in total. The highest BCUT2D eigenvalue weighted by atomic mass is 19.4. The monoisotopic (exact) mass is 259 g/mol. The molecule has 0 bridgehead atoms. The predicted molar refractivity (Wildman–Crippen MR) is 45.3 cm³/mol. The van der Waals surface area contributed by atoms with Crippen molar-refractivity contribution in [1.29, 1.82) is 0 Å². The molecule has 1 rings (SSSR count). The van der Waals surface area contributed by atoms with Crippen LogP contribution in [0.25, 0.3) is 0 Å². The maximum Gasteiger partial charge on any atom is 0.573 e. The van der Waals surface area contributed by atoms with Gasteiger partial charge in [-0.05, 0) is 0 Å². The van der Waals surface area contributed by atoms with E-state index in [1.54, 1.807) is 4.98 Å². The second-order valence-electron chi connectivity index (χ2n) is 2.79. The first-order chi connectivity index (χ1) is 7.74. The third-order valence-corrected chi connectivity index (χ3v) is 1.66. The minimum absolute atomic E-state index is 0.452. The highest BCUT2D eigenvalue weighted by Crippen LogP contribution is 2.29. The van der Waals surface area contributed by atoms with Crippen molar-refractivity contribution in [3.8, 4) is 11.5 Å². The van der Waals surface area contributed by atoms with Crippen molar-refractivity contribution in [2.75, 3.05) is 7.11 Å². The minimum atomic E-state index is -5.09. The third kappa shape index (κ3) is 3.33. The molecule has 4 nitrogen and oxygen atoms in total. The Hall–Kier alpha value is -1.80. The lowest BCUT2D eigenvalue weighted by molar-refractivity contribution is -0.275. The zero-order valence-corrected chi connectivity index (χ0v) is 8.27. The number of methoxy groups -OCH3 is 1. The van der Waals surface area contributed by atoms with Gasteiger partial charge in [-0.25, -0.2) is 8.78 Å². The highest BCUT2D eigenvalue weighted by molar-refractivity contribution is 5.35. The molecule has 1 heterocycles. The van der Waals surface area contributed by atoms with Gasteiger partial charge >= 0.3 is 6.36 Å². The normalized spacial score (nSPS) is 11.7. The first kappa shape index (κ1) is 13.3. The highest BCUT2D eigenvalue weighted by Gasteiger charge is 2.33. The number of hydrogen-bond donors (Lipinski definition) is 1. The van der Waals surface area contributed by atoms with Crippen LogP contribution in [0.15, 0.2) is 10.9 Å². The van der Waals surface area contributed by atoms with Gasteiger partial charge in [0.1, 0.15) is 11.4 Å². The topological polar surface area (TPSA) is 51.3 Å². The number of pyridine rings is 1. The van der Waals surface area contributed by atoms with Gasteiger partial charge in [0.2, 0.25) is 0 Å². The SMILES string of the molecule is COc1cc(OC(F)(F)F)c(=O)[nH]c1C(F)F. The van der Waals surface area contributed by atoms with Gasteiger partial charge in [-0.15, -0.1) is 13.2 Å². The zero-order chi connectivity index (χ0) is 13.2. The number of ether oxygens (including phenoxy) is 2. The molecule has 96 valence electrons. The Morgan fingerprint density at radius 3 is 2.29 bits per heavy atom. The molecule has 0 amide bonds. The second kappa shape index (κ2) is 4.60. The molecule has 0 fully saturated rings. The Labute approximate surface area is 91.0 Å². The van der Waals surface area contributed by atoms with Gasteiger partial charge in [0.25, 0.3) is 12.0 Å². The summed E-state index contributed by atoms with van der Waals surface area (Å²) in [4.78, 5) is 12.6. The summed E-state index contributed by atoms with van der Waals surface area (Å²) in [7, 11) is 0.969. The molecule has 0 aliphatic heterocycles. The second-order valence-corrected chi connectivity index (χ2v) is 2.79. The van der Waals surface area contributed by atoms with E-state index in [1.165, 1.54) is 0 Å². The van der Waals surface area contributed by atoms with Crippen LogP contribution in [-0.4, -0.2) is 18.5 Å². The van der Waals surface area contributed by atoms with Crippen LogP contribution < -0.4 is 15.0 Å². The number of nitrogens with one attached hydrogen (secondary N) is 1. The Bertz CT molecular complexity index is 453. The first-order valence-corrected chi connectivity index (χ1v) is 4.09. The lowest BCUT2D eigenvalue weighted by atomic mass is 10.3. The molecule has 0 saturated heterocycles. The molecule has 0 aromatic carbocycles. The molecule has 0 atom stereocenters. The Morgan fingerprint density at radius 1 is 1.29 bits per heavy atom. The van der Waals surface area contributed by atoms with Crippen molar-refractivity contribution in [3.63, 3.8) is 0 Å². The summed E-state index contributed by atoms with van der Waals surface area (Å²) >= 11 is 0. The van der Waals surface area contributed by atoms with Gasteiger partial charge in [-0.1, -0.05) is 0 Å². The fourth-order valence-electron chi connectivity index (χ4n) is 1.04. The van der Waals surface area contributed by atoms with E-state index in [1.807, 2.05) is 0 Å². The summed E-state index contributed by atoms with van der Waals surface area (Å²) in [5.41, 5.74) is -2.33. The Morgan fingerprint density at radius 2 is 1.88 bits per heavy atom. The minimum Gasteiger partial charge on any atom is -0.495 e. The fourth-order valence-corrected chi connectivity index (χ4v) is 1.04. The van der Waals surface area contributed by atoms with E-state index in [2.05, 4.69) is 9.47 Å². The van der Waals surface area contributed by atoms with Crippen molar-refractivity contribution in [2.24, 2.45) is 0 Å². The smallest absolute Gasteiger partial charge is 0.495 e. The van der Waals surface area contributed by atoms with E-state index in [-0.39, 0.29) is 0 Å². The summed E-state index contributed by atoms with van der Waals surface area (Å²) in [6.07, 6.45) is -8.18. The van der Waals surface area contributed by atoms with E-state index >= 15 is 0 Å². The van der Waals surface area contributed by atoms with E-state index in [0.717, 1.165) is 7.11 Å². The molecule has 0 aliphatic carbocycles. The van der Waals surface area contributed by atoms with Crippen LogP contribution in [0, 0.1) is 0 Å². The average Bonchev–Trinajstić information content (AvgIpc) is 2.18. The van der Waals surface area contributed by atoms with Gasteiger partial charge in [-0.3, -0.25) is 4.79 Å². The summed E-state index contributed by atoms with van der Waals surface area (Å²) in [5, 5.41) is 0. The van der Waals surface area contributed by atoms with Crippen molar-refractivity contribution in [2.45, 2.75) is 12.8 Å². The summed E-state index contributed by atoms with van der Waals surface area (Å²) in [6, 6.07) is 0.452. The Kier molecular flexibility index (Phi) is 3.59. The van der Waals surface area contributed by atoms with E-state index in [4.69, 9.17) is 0 Å². The third-order valence-electron chi connectivity index (χ3n) is 1.66. The lowest BCUT2D eigenvalue weighted by Gasteiger charge is -2.11. The quantitative estimate of drug-likeness (QED) is 0.847. The average molecular weight is 259 g/mol. The molecule has 0 unspecified atom stereocenters. The number of hydrogen-bond acceptors (Lipinski definition) is 3. The summed E-state index contributed by atoms with van der Waals surface area (Å²) in [6.45, 7) is 0. The molecule has 0 spiro atoms. The number of H-pyrrole nitrogens is 1. The number of rotatable bonds is 3. The first-order valence-electron chi connectivity index (χ1n) is 4.09. The zero-order valence-electron chi connectivity index (χ0n) is 8.27. The lowest BCUT2D eigenvalue weighted by Crippen LogP contribution is -2.23. The van der Waals surface area contributed by atoms with E-state index < -0.39 is 35.5 Å².